The second kappa shape index (κ2) is 5.02. The van der Waals surface area contributed by atoms with Crippen LogP contribution in [-0.4, -0.2) is 41.3 Å². The summed E-state index contributed by atoms with van der Waals surface area (Å²) in [7, 11) is 0. The third-order valence-corrected chi connectivity index (χ3v) is 3.73. The minimum atomic E-state index is -0.501. The summed E-state index contributed by atoms with van der Waals surface area (Å²) in [5.41, 5.74) is -0.501. The van der Waals surface area contributed by atoms with E-state index in [0.29, 0.717) is 13.0 Å². The van der Waals surface area contributed by atoms with Gasteiger partial charge in [-0.2, -0.15) is 0 Å². The van der Waals surface area contributed by atoms with Crippen LogP contribution < -0.4 is 0 Å². The topological polar surface area (TPSA) is 55.8 Å². The number of rotatable bonds is 2. The molecule has 108 valence electrons. The molecular formula is C14H23NO4. The van der Waals surface area contributed by atoms with Gasteiger partial charge in [0.2, 0.25) is 0 Å². The summed E-state index contributed by atoms with van der Waals surface area (Å²) in [6.45, 7) is 7.75. The van der Waals surface area contributed by atoms with Crippen LogP contribution in [0.2, 0.25) is 0 Å². The van der Waals surface area contributed by atoms with E-state index in [-0.39, 0.29) is 30.1 Å². The highest BCUT2D eigenvalue weighted by Gasteiger charge is 2.52. The van der Waals surface area contributed by atoms with Crippen LogP contribution in [0.25, 0.3) is 0 Å². The molecule has 3 atom stereocenters. The van der Waals surface area contributed by atoms with Gasteiger partial charge in [-0.1, -0.05) is 0 Å². The number of hydrogen-bond acceptors (Lipinski definition) is 4. The average Bonchev–Trinajstić information content (AvgIpc) is 2.83. The highest BCUT2D eigenvalue weighted by atomic mass is 16.6. The number of hydrogen-bond donors (Lipinski definition) is 0. The molecule has 0 radical (unpaired) electrons. The van der Waals surface area contributed by atoms with Crippen molar-refractivity contribution in [2.75, 3.05) is 6.61 Å². The molecule has 0 N–H and O–H groups in total. The number of ether oxygens (including phenoxy) is 2. The van der Waals surface area contributed by atoms with E-state index in [2.05, 4.69) is 0 Å². The first kappa shape index (κ1) is 14.2. The number of nitrogens with zero attached hydrogens (tertiary/aromatic N) is 1. The highest BCUT2D eigenvalue weighted by Crippen LogP contribution is 2.42. The van der Waals surface area contributed by atoms with E-state index in [4.69, 9.17) is 9.47 Å². The molecule has 5 nitrogen and oxygen atoms in total. The lowest BCUT2D eigenvalue weighted by Crippen LogP contribution is -2.41. The van der Waals surface area contributed by atoms with E-state index >= 15 is 0 Å². The Balaban J connectivity index is 2.04. The molecule has 5 heteroatoms. The molecule has 2 rings (SSSR count). The van der Waals surface area contributed by atoms with Crippen molar-refractivity contribution in [1.82, 2.24) is 4.90 Å². The van der Waals surface area contributed by atoms with E-state index < -0.39 is 5.60 Å². The molecule has 1 amide bonds. The fourth-order valence-electron chi connectivity index (χ4n) is 3.09. The fourth-order valence-corrected chi connectivity index (χ4v) is 3.09. The number of fused-ring (bicyclic) bond motifs is 2. The van der Waals surface area contributed by atoms with Crippen molar-refractivity contribution in [3.8, 4) is 0 Å². The molecule has 2 aliphatic heterocycles. The Morgan fingerprint density at radius 3 is 2.53 bits per heavy atom. The second-order valence-electron chi connectivity index (χ2n) is 6.28. The Kier molecular flexibility index (Phi) is 3.74. The molecule has 0 unspecified atom stereocenters. The van der Waals surface area contributed by atoms with Gasteiger partial charge in [-0.15, -0.1) is 0 Å². The van der Waals surface area contributed by atoms with E-state index in [9.17, 15) is 9.59 Å². The smallest absolute Gasteiger partial charge is 0.410 e. The summed E-state index contributed by atoms with van der Waals surface area (Å²) in [5.74, 6) is -0.352. The summed E-state index contributed by atoms with van der Waals surface area (Å²) in [6.07, 6.45) is 2.24. The maximum atomic E-state index is 12.2. The van der Waals surface area contributed by atoms with Gasteiger partial charge in [0, 0.05) is 12.1 Å². The molecule has 0 saturated carbocycles. The van der Waals surface area contributed by atoms with E-state index in [1.165, 1.54) is 0 Å². The number of esters is 1. The van der Waals surface area contributed by atoms with Crippen LogP contribution in [0.5, 0.6) is 0 Å². The van der Waals surface area contributed by atoms with Crippen LogP contribution in [0.15, 0.2) is 0 Å². The number of carbonyl (C=O) groups is 2. The predicted octanol–water partition coefficient (Wildman–Crippen LogP) is 2.34. The van der Waals surface area contributed by atoms with Gasteiger partial charge in [0.05, 0.1) is 12.5 Å². The molecule has 2 saturated heterocycles. The van der Waals surface area contributed by atoms with Gasteiger partial charge in [-0.3, -0.25) is 4.79 Å². The molecule has 0 aromatic heterocycles. The Morgan fingerprint density at radius 2 is 1.95 bits per heavy atom. The van der Waals surface area contributed by atoms with Crippen molar-refractivity contribution in [2.45, 2.75) is 64.6 Å². The van der Waals surface area contributed by atoms with Crippen molar-refractivity contribution in [3.63, 3.8) is 0 Å². The average molecular weight is 269 g/mol. The zero-order valence-electron chi connectivity index (χ0n) is 12.1. The van der Waals surface area contributed by atoms with Crippen LogP contribution in [0, 0.1) is 5.92 Å². The lowest BCUT2D eigenvalue weighted by Gasteiger charge is -2.28. The first-order valence-corrected chi connectivity index (χ1v) is 7.01. The zero-order chi connectivity index (χ0) is 14.2. The van der Waals surface area contributed by atoms with Gasteiger partial charge in [-0.05, 0) is 47.0 Å². The monoisotopic (exact) mass is 269 g/mol. The molecule has 2 aliphatic rings. The lowest BCUT2D eigenvalue weighted by molar-refractivity contribution is -0.148. The Hall–Kier alpha value is -1.26. The predicted molar refractivity (Wildman–Crippen MR) is 69.6 cm³/mol. The van der Waals surface area contributed by atoms with Crippen LogP contribution >= 0.6 is 0 Å². The lowest BCUT2D eigenvalue weighted by atomic mass is 9.89. The van der Waals surface area contributed by atoms with Crippen LogP contribution in [0.1, 0.15) is 47.0 Å². The molecule has 0 aliphatic carbocycles. The Labute approximate surface area is 114 Å². The van der Waals surface area contributed by atoms with Crippen LogP contribution in [0.3, 0.4) is 0 Å². The molecular weight excluding hydrogens is 246 g/mol. The number of carbonyl (C=O) groups excluding carboxylic acids is 2. The zero-order valence-corrected chi connectivity index (χ0v) is 12.1. The largest absolute Gasteiger partial charge is 0.466 e. The van der Waals surface area contributed by atoms with Gasteiger partial charge in [0.1, 0.15) is 5.60 Å². The maximum Gasteiger partial charge on any atom is 0.410 e. The van der Waals surface area contributed by atoms with Crippen molar-refractivity contribution < 1.29 is 19.1 Å². The van der Waals surface area contributed by atoms with Gasteiger partial charge >= 0.3 is 12.1 Å². The van der Waals surface area contributed by atoms with Crippen molar-refractivity contribution >= 4 is 12.1 Å². The maximum absolute atomic E-state index is 12.2. The standard InChI is InChI=1S/C14H23NO4/c1-5-18-12(16)10-8-9-6-7-11(10)15(9)13(17)19-14(2,3)4/h9-11H,5-8H2,1-4H3/t9-,10-,11+/m0/s1. The summed E-state index contributed by atoms with van der Waals surface area (Å²) >= 11 is 0. The molecule has 19 heavy (non-hydrogen) atoms. The molecule has 2 fully saturated rings. The fraction of sp³-hybridized carbons (Fsp3) is 0.857. The van der Waals surface area contributed by atoms with Crippen molar-refractivity contribution in [1.29, 1.82) is 0 Å². The van der Waals surface area contributed by atoms with E-state index in [1.807, 2.05) is 20.8 Å². The van der Waals surface area contributed by atoms with E-state index in [0.717, 1.165) is 12.8 Å². The summed E-state index contributed by atoms with van der Waals surface area (Å²) in [5, 5.41) is 0. The third kappa shape index (κ3) is 2.85. The first-order valence-electron chi connectivity index (χ1n) is 7.01. The second-order valence-corrected chi connectivity index (χ2v) is 6.28. The van der Waals surface area contributed by atoms with Crippen molar-refractivity contribution in [2.24, 2.45) is 5.92 Å². The molecule has 2 bridgehead atoms. The summed E-state index contributed by atoms with van der Waals surface area (Å²) < 4.78 is 10.5. The summed E-state index contributed by atoms with van der Waals surface area (Å²) in [6, 6.07) is 0.0909. The SMILES string of the molecule is CCOC(=O)[C@H]1C[C@@H]2CC[C@H]1N2C(=O)OC(C)(C)C. The van der Waals surface area contributed by atoms with Gasteiger partial charge in [0.15, 0.2) is 0 Å². The molecule has 0 aromatic rings. The Morgan fingerprint density at radius 1 is 1.26 bits per heavy atom. The first-order chi connectivity index (χ1) is 8.83. The third-order valence-electron chi connectivity index (χ3n) is 3.73. The molecule has 0 spiro atoms. The summed E-state index contributed by atoms with van der Waals surface area (Å²) in [4.78, 5) is 25.8. The van der Waals surface area contributed by atoms with Gasteiger partial charge < -0.3 is 14.4 Å². The van der Waals surface area contributed by atoms with Gasteiger partial charge in [0.25, 0.3) is 0 Å². The van der Waals surface area contributed by atoms with Crippen LogP contribution in [-0.2, 0) is 14.3 Å². The molecule has 2 heterocycles. The minimum Gasteiger partial charge on any atom is -0.466 e. The quantitative estimate of drug-likeness (QED) is 0.722. The highest BCUT2D eigenvalue weighted by molar-refractivity contribution is 5.77. The van der Waals surface area contributed by atoms with Crippen LogP contribution in [0.4, 0.5) is 4.79 Å². The number of amides is 1. The van der Waals surface area contributed by atoms with Crippen molar-refractivity contribution in [3.05, 3.63) is 0 Å². The van der Waals surface area contributed by atoms with E-state index in [1.54, 1.807) is 11.8 Å². The Bertz CT molecular complexity index is 374. The molecule has 0 aromatic carbocycles. The normalized spacial score (nSPS) is 29.5. The minimum absolute atomic E-state index is 0.0427. The van der Waals surface area contributed by atoms with Gasteiger partial charge in [-0.25, -0.2) is 4.79 Å².